The molecule has 7 nitrogen and oxygen atoms in total. The van der Waals surface area contributed by atoms with E-state index in [0.29, 0.717) is 22.6 Å². The number of fused-ring (bicyclic) bond motifs is 1. The van der Waals surface area contributed by atoms with E-state index in [9.17, 15) is 13.6 Å². The van der Waals surface area contributed by atoms with E-state index in [4.69, 9.17) is 4.74 Å². The standard InChI is InChI=1S/C18H19F2N5O2/c1-10(2)27-17-12-9-21-15(22-11(3)26)8-13(12)25(24-17)16-7-5-6-14(23-16)18(4,19)20/h5-10H,1-4H3,(H,21,22,26). The van der Waals surface area contributed by atoms with E-state index in [1.807, 2.05) is 13.8 Å². The van der Waals surface area contributed by atoms with Crippen molar-refractivity contribution in [2.75, 3.05) is 5.32 Å². The first-order valence-electron chi connectivity index (χ1n) is 8.34. The highest BCUT2D eigenvalue weighted by molar-refractivity contribution is 5.92. The number of amides is 1. The minimum atomic E-state index is -3.08. The van der Waals surface area contributed by atoms with Gasteiger partial charge < -0.3 is 10.1 Å². The van der Waals surface area contributed by atoms with Gasteiger partial charge in [-0.2, -0.15) is 8.78 Å². The summed E-state index contributed by atoms with van der Waals surface area (Å²) in [6.07, 6.45) is 1.37. The number of aromatic nitrogens is 4. The highest BCUT2D eigenvalue weighted by Gasteiger charge is 2.27. The normalized spacial score (nSPS) is 11.8. The summed E-state index contributed by atoms with van der Waals surface area (Å²) in [5.41, 5.74) is 0.152. The number of carbonyl (C=O) groups excluding carboxylic acids is 1. The minimum absolute atomic E-state index is 0.147. The van der Waals surface area contributed by atoms with E-state index in [0.717, 1.165) is 6.92 Å². The Labute approximate surface area is 154 Å². The molecule has 142 valence electrons. The SMILES string of the molecule is CC(=O)Nc1cc2c(cn1)c(OC(C)C)nn2-c1cccc(C(C)(F)F)n1. The van der Waals surface area contributed by atoms with Crippen molar-refractivity contribution in [2.24, 2.45) is 0 Å². The average Bonchev–Trinajstić information content (AvgIpc) is 2.91. The van der Waals surface area contributed by atoms with Crippen LogP contribution < -0.4 is 10.1 Å². The van der Waals surface area contributed by atoms with Crippen LogP contribution in [0, 0.1) is 0 Å². The Morgan fingerprint density at radius 3 is 2.70 bits per heavy atom. The number of alkyl halides is 2. The molecule has 3 rings (SSSR count). The lowest BCUT2D eigenvalue weighted by Gasteiger charge is -2.11. The first kappa shape index (κ1) is 18.7. The van der Waals surface area contributed by atoms with Crippen LogP contribution in [0.25, 0.3) is 16.7 Å². The third-order valence-electron chi connectivity index (χ3n) is 3.58. The third-order valence-corrected chi connectivity index (χ3v) is 3.58. The maximum Gasteiger partial charge on any atom is 0.287 e. The Kier molecular flexibility index (Phi) is 4.77. The van der Waals surface area contributed by atoms with Crippen LogP contribution in [0.15, 0.2) is 30.5 Å². The maximum atomic E-state index is 13.7. The number of hydrogen-bond acceptors (Lipinski definition) is 5. The van der Waals surface area contributed by atoms with Gasteiger partial charge >= 0.3 is 0 Å². The van der Waals surface area contributed by atoms with Crippen LogP contribution in [0.1, 0.15) is 33.4 Å². The number of ether oxygens (including phenoxy) is 1. The predicted molar refractivity (Wildman–Crippen MR) is 96.3 cm³/mol. The van der Waals surface area contributed by atoms with Crippen molar-refractivity contribution in [3.8, 4) is 11.7 Å². The van der Waals surface area contributed by atoms with Gasteiger partial charge in [-0.05, 0) is 26.0 Å². The van der Waals surface area contributed by atoms with Crippen molar-refractivity contribution in [3.63, 3.8) is 0 Å². The van der Waals surface area contributed by atoms with Crippen LogP contribution in [0.2, 0.25) is 0 Å². The highest BCUT2D eigenvalue weighted by Crippen LogP contribution is 2.30. The lowest BCUT2D eigenvalue weighted by Crippen LogP contribution is -2.12. The van der Waals surface area contributed by atoms with E-state index in [1.54, 1.807) is 12.1 Å². The molecule has 0 saturated heterocycles. The van der Waals surface area contributed by atoms with E-state index < -0.39 is 5.92 Å². The Morgan fingerprint density at radius 1 is 1.33 bits per heavy atom. The molecular formula is C18H19F2N5O2. The maximum absolute atomic E-state index is 13.7. The second kappa shape index (κ2) is 6.90. The Bertz CT molecular complexity index is 995. The van der Waals surface area contributed by atoms with Gasteiger partial charge in [-0.3, -0.25) is 4.79 Å². The molecule has 0 aromatic carbocycles. The molecule has 0 saturated carbocycles. The molecule has 3 heterocycles. The highest BCUT2D eigenvalue weighted by atomic mass is 19.3. The Balaban J connectivity index is 2.20. The monoisotopic (exact) mass is 375 g/mol. The molecule has 0 radical (unpaired) electrons. The van der Waals surface area contributed by atoms with Crippen LogP contribution in [-0.2, 0) is 10.7 Å². The summed E-state index contributed by atoms with van der Waals surface area (Å²) in [6, 6.07) is 5.90. The molecule has 0 aliphatic rings. The van der Waals surface area contributed by atoms with E-state index >= 15 is 0 Å². The minimum Gasteiger partial charge on any atom is -0.473 e. The van der Waals surface area contributed by atoms with E-state index in [2.05, 4.69) is 20.4 Å². The van der Waals surface area contributed by atoms with Crippen molar-refractivity contribution < 1.29 is 18.3 Å². The van der Waals surface area contributed by atoms with Gasteiger partial charge in [0.1, 0.15) is 11.5 Å². The van der Waals surface area contributed by atoms with Gasteiger partial charge in [-0.15, -0.1) is 5.10 Å². The van der Waals surface area contributed by atoms with Crippen molar-refractivity contribution in [1.29, 1.82) is 0 Å². The predicted octanol–water partition coefficient (Wildman–Crippen LogP) is 3.67. The van der Waals surface area contributed by atoms with Gasteiger partial charge in [0.15, 0.2) is 5.82 Å². The lowest BCUT2D eigenvalue weighted by molar-refractivity contribution is -0.114. The first-order chi connectivity index (χ1) is 12.6. The van der Waals surface area contributed by atoms with Crippen molar-refractivity contribution in [2.45, 2.75) is 39.7 Å². The molecule has 0 aliphatic carbocycles. The van der Waals surface area contributed by atoms with Crippen molar-refractivity contribution in [1.82, 2.24) is 19.7 Å². The van der Waals surface area contributed by atoms with Crippen LogP contribution in [-0.4, -0.2) is 31.8 Å². The largest absolute Gasteiger partial charge is 0.473 e. The quantitative estimate of drug-likeness (QED) is 0.736. The van der Waals surface area contributed by atoms with Gasteiger partial charge in [0.2, 0.25) is 11.8 Å². The van der Waals surface area contributed by atoms with Crippen LogP contribution in [0.5, 0.6) is 5.88 Å². The number of carbonyl (C=O) groups is 1. The molecule has 27 heavy (non-hydrogen) atoms. The number of pyridine rings is 2. The Morgan fingerprint density at radius 2 is 2.07 bits per heavy atom. The summed E-state index contributed by atoms with van der Waals surface area (Å²) in [6.45, 7) is 5.85. The number of halogens is 2. The zero-order valence-electron chi connectivity index (χ0n) is 15.3. The second-order valence-electron chi connectivity index (χ2n) is 6.42. The first-order valence-corrected chi connectivity index (χ1v) is 8.34. The number of rotatable bonds is 5. The molecule has 1 N–H and O–H groups in total. The summed E-state index contributed by atoms with van der Waals surface area (Å²) in [5.74, 6) is -2.55. The van der Waals surface area contributed by atoms with Crippen LogP contribution in [0.4, 0.5) is 14.6 Å². The molecule has 3 aromatic rings. The van der Waals surface area contributed by atoms with Crippen LogP contribution >= 0.6 is 0 Å². The molecule has 0 aliphatic heterocycles. The molecule has 0 bridgehead atoms. The zero-order valence-corrected chi connectivity index (χ0v) is 15.3. The fraction of sp³-hybridized carbons (Fsp3) is 0.333. The molecule has 1 amide bonds. The fourth-order valence-corrected chi connectivity index (χ4v) is 2.50. The smallest absolute Gasteiger partial charge is 0.287 e. The number of hydrogen-bond donors (Lipinski definition) is 1. The molecule has 0 spiro atoms. The molecule has 0 fully saturated rings. The van der Waals surface area contributed by atoms with E-state index in [1.165, 1.54) is 29.9 Å². The van der Waals surface area contributed by atoms with Crippen molar-refractivity contribution in [3.05, 3.63) is 36.2 Å². The summed E-state index contributed by atoms with van der Waals surface area (Å²) in [5, 5.41) is 7.54. The summed E-state index contributed by atoms with van der Waals surface area (Å²) in [7, 11) is 0. The van der Waals surface area contributed by atoms with Crippen molar-refractivity contribution >= 4 is 22.6 Å². The van der Waals surface area contributed by atoms with E-state index in [-0.39, 0.29) is 23.5 Å². The van der Waals surface area contributed by atoms with Gasteiger partial charge in [0.05, 0.1) is 17.0 Å². The van der Waals surface area contributed by atoms with Gasteiger partial charge in [-0.25, -0.2) is 14.6 Å². The number of nitrogens with one attached hydrogen (secondary N) is 1. The number of nitrogens with zero attached hydrogens (tertiary/aromatic N) is 4. The third kappa shape index (κ3) is 4.02. The average molecular weight is 375 g/mol. The second-order valence-corrected chi connectivity index (χ2v) is 6.42. The molecular weight excluding hydrogens is 356 g/mol. The molecule has 9 heteroatoms. The lowest BCUT2D eigenvalue weighted by atomic mass is 10.2. The number of anilines is 1. The van der Waals surface area contributed by atoms with Gasteiger partial charge in [0, 0.05) is 26.1 Å². The topological polar surface area (TPSA) is 81.9 Å². The van der Waals surface area contributed by atoms with Gasteiger partial charge in [0.25, 0.3) is 5.92 Å². The molecule has 3 aromatic heterocycles. The summed E-state index contributed by atoms with van der Waals surface area (Å²) < 4.78 is 34.5. The summed E-state index contributed by atoms with van der Waals surface area (Å²) in [4.78, 5) is 19.5. The molecule has 0 atom stereocenters. The molecule has 0 unspecified atom stereocenters. The zero-order chi connectivity index (χ0) is 19.8. The van der Waals surface area contributed by atoms with Crippen LogP contribution in [0.3, 0.4) is 0 Å². The fourth-order valence-electron chi connectivity index (χ4n) is 2.50. The summed E-state index contributed by atoms with van der Waals surface area (Å²) >= 11 is 0. The van der Waals surface area contributed by atoms with Gasteiger partial charge in [-0.1, -0.05) is 6.07 Å². The Hall–Kier alpha value is -3.10.